The lowest BCUT2D eigenvalue weighted by atomic mass is 9.74. The zero-order chi connectivity index (χ0) is 32.0. The van der Waals surface area contributed by atoms with E-state index in [0.717, 1.165) is 39.2 Å². The van der Waals surface area contributed by atoms with Gasteiger partial charge in [-0.25, -0.2) is 0 Å². The molecule has 0 amide bonds. The summed E-state index contributed by atoms with van der Waals surface area (Å²) < 4.78 is 9.10. The van der Waals surface area contributed by atoms with Crippen molar-refractivity contribution in [2.24, 2.45) is 0 Å². The first-order chi connectivity index (χ1) is 23.6. The summed E-state index contributed by atoms with van der Waals surface area (Å²) in [5, 5.41) is 4.74. The number of hydrogen-bond acceptors (Lipinski definition) is 4. The summed E-state index contributed by atoms with van der Waals surface area (Å²) in [6.07, 6.45) is 7.35. The molecule has 0 aliphatic carbocycles. The van der Waals surface area contributed by atoms with E-state index < -0.39 is 0 Å². The summed E-state index contributed by atoms with van der Waals surface area (Å²) in [7, 11) is 0. The van der Waals surface area contributed by atoms with Gasteiger partial charge in [0.15, 0.2) is 0 Å². The van der Waals surface area contributed by atoms with Gasteiger partial charge in [-0.15, -0.1) is 0 Å². The minimum Gasteiger partial charge on any atom is -0.455 e. The number of pyridine rings is 2. The second-order valence-electron chi connectivity index (χ2n) is 13.1. The monoisotopic (exact) mass is 618 g/mol. The lowest BCUT2D eigenvalue weighted by Crippen LogP contribution is -2.26. The first kappa shape index (κ1) is 27.0. The molecule has 48 heavy (non-hydrogen) atoms. The van der Waals surface area contributed by atoms with Crippen LogP contribution in [-0.4, -0.2) is 14.5 Å². The lowest BCUT2D eigenvalue weighted by molar-refractivity contribution is 0.630. The Balaban J connectivity index is 1.17. The number of fused-ring (bicyclic) bond motifs is 9. The Bertz CT molecular complexity index is 2650. The smallest absolute Gasteiger partial charge is 0.145 e. The molecule has 0 bridgehead atoms. The van der Waals surface area contributed by atoms with Gasteiger partial charge in [-0.1, -0.05) is 74.5 Å². The molecule has 5 heterocycles. The number of rotatable bonds is 4. The highest BCUT2D eigenvalue weighted by atomic mass is 16.3. The van der Waals surface area contributed by atoms with Gasteiger partial charge in [-0.2, -0.15) is 0 Å². The maximum atomic E-state index is 6.63. The highest BCUT2D eigenvalue weighted by Crippen LogP contribution is 2.51. The molecule has 9 aromatic rings. The van der Waals surface area contributed by atoms with E-state index in [0.29, 0.717) is 0 Å². The second-order valence-corrected chi connectivity index (χ2v) is 13.1. The van der Waals surface area contributed by atoms with Crippen LogP contribution in [0.2, 0.25) is 0 Å². The maximum Gasteiger partial charge on any atom is 0.145 e. The van der Waals surface area contributed by atoms with Crippen molar-refractivity contribution in [1.82, 2.24) is 14.5 Å². The van der Waals surface area contributed by atoms with Crippen LogP contribution < -0.4 is 4.90 Å². The Morgan fingerprint density at radius 3 is 2.02 bits per heavy atom. The van der Waals surface area contributed by atoms with E-state index >= 15 is 0 Å². The fraction of sp³-hybridized carbons (Fsp3) is 0.0698. The molecule has 0 spiro atoms. The maximum absolute atomic E-state index is 6.63. The number of aromatic nitrogens is 3. The summed E-state index contributed by atoms with van der Waals surface area (Å²) in [4.78, 5) is 10.9. The van der Waals surface area contributed by atoms with Crippen molar-refractivity contribution in [3.8, 4) is 16.8 Å². The van der Waals surface area contributed by atoms with E-state index in [2.05, 4.69) is 136 Å². The van der Waals surface area contributed by atoms with E-state index in [1.54, 1.807) is 12.4 Å². The molecular weight excluding hydrogens is 589 g/mol. The fourth-order valence-electron chi connectivity index (χ4n) is 7.85. The Kier molecular flexibility index (Phi) is 5.56. The van der Waals surface area contributed by atoms with Gasteiger partial charge < -0.3 is 13.9 Å². The minimum atomic E-state index is -0.221. The van der Waals surface area contributed by atoms with Crippen molar-refractivity contribution in [3.05, 3.63) is 157 Å². The quantitative estimate of drug-likeness (QED) is 0.197. The molecule has 10 rings (SSSR count). The number of furan rings is 1. The van der Waals surface area contributed by atoms with Crippen LogP contribution in [0.1, 0.15) is 25.0 Å². The van der Waals surface area contributed by atoms with Crippen LogP contribution >= 0.6 is 0 Å². The zero-order valence-corrected chi connectivity index (χ0v) is 26.6. The van der Waals surface area contributed by atoms with Crippen LogP contribution in [0.5, 0.6) is 0 Å². The summed E-state index contributed by atoms with van der Waals surface area (Å²) in [5.74, 6) is 0. The molecule has 0 saturated heterocycles. The van der Waals surface area contributed by atoms with Crippen LogP contribution in [0.4, 0.5) is 17.1 Å². The average Bonchev–Trinajstić information content (AvgIpc) is 3.68. The molecule has 4 aromatic heterocycles. The number of para-hydroxylation sites is 2. The SMILES string of the molecule is CC1(C)c2ccc(-c3ccc(N(c4cccnc4)c4cccnc4)cc3)cc2-n2c3ccccc3c3c4oc5ccccc5c4cc1c32. The zero-order valence-electron chi connectivity index (χ0n) is 26.6. The molecule has 228 valence electrons. The molecule has 5 heteroatoms. The van der Waals surface area contributed by atoms with Crippen molar-refractivity contribution in [3.63, 3.8) is 0 Å². The molecule has 1 aliphatic heterocycles. The van der Waals surface area contributed by atoms with E-state index in [1.165, 1.54) is 49.6 Å². The third-order valence-electron chi connectivity index (χ3n) is 10.1. The van der Waals surface area contributed by atoms with E-state index in [-0.39, 0.29) is 5.41 Å². The largest absolute Gasteiger partial charge is 0.455 e. The molecule has 1 aliphatic rings. The normalized spacial score (nSPS) is 13.4. The van der Waals surface area contributed by atoms with E-state index in [9.17, 15) is 0 Å². The highest BCUT2D eigenvalue weighted by molar-refractivity contribution is 6.25. The molecular formula is C43H30N4O. The first-order valence-electron chi connectivity index (χ1n) is 16.3. The second kappa shape index (κ2) is 9.90. The van der Waals surface area contributed by atoms with Gasteiger partial charge in [0.2, 0.25) is 0 Å². The molecule has 0 saturated carbocycles. The van der Waals surface area contributed by atoms with Gasteiger partial charge in [0.25, 0.3) is 0 Å². The molecule has 0 N–H and O–H groups in total. The summed E-state index contributed by atoms with van der Waals surface area (Å²) >= 11 is 0. The van der Waals surface area contributed by atoms with Gasteiger partial charge in [0.1, 0.15) is 11.2 Å². The van der Waals surface area contributed by atoms with Crippen molar-refractivity contribution in [1.29, 1.82) is 0 Å². The summed E-state index contributed by atoms with van der Waals surface area (Å²) in [5.41, 5.74) is 13.3. The van der Waals surface area contributed by atoms with Crippen LogP contribution in [0.3, 0.4) is 0 Å². The first-order valence-corrected chi connectivity index (χ1v) is 16.3. The minimum absolute atomic E-state index is 0.221. The van der Waals surface area contributed by atoms with Crippen LogP contribution in [0.25, 0.3) is 60.6 Å². The summed E-state index contributed by atoms with van der Waals surface area (Å²) in [6, 6.07) is 43.3. The number of nitrogens with zero attached hydrogens (tertiary/aromatic N) is 4. The van der Waals surface area contributed by atoms with Gasteiger partial charge in [0.05, 0.1) is 45.9 Å². The molecule has 5 aromatic carbocycles. The molecule has 0 fully saturated rings. The molecule has 0 unspecified atom stereocenters. The van der Waals surface area contributed by atoms with Gasteiger partial charge in [-0.3, -0.25) is 9.97 Å². The van der Waals surface area contributed by atoms with Gasteiger partial charge >= 0.3 is 0 Å². The number of benzene rings is 5. The average molecular weight is 619 g/mol. The molecule has 0 atom stereocenters. The predicted octanol–water partition coefficient (Wildman–Crippen LogP) is 11.2. The van der Waals surface area contributed by atoms with Crippen LogP contribution in [0.15, 0.2) is 151 Å². The van der Waals surface area contributed by atoms with Crippen molar-refractivity contribution in [2.75, 3.05) is 4.90 Å². The third-order valence-corrected chi connectivity index (χ3v) is 10.1. The number of anilines is 3. The van der Waals surface area contributed by atoms with Crippen molar-refractivity contribution in [2.45, 2.75) is 19.3 Å². The van der Waals surface area contributed by atoms with Crippen LogP contribution in [-0.2, 0) is 5.41 Å². The Labute approximate surface area is 277 Å². The molecule has 5 nitrogen and oxygen atoms in total. The van der Waals surface area contributed by atoms with E-state index in [1.807, 2.05) is 30.6 Å². The Hall–Kier alpha value is -6.20. The van der Waals surface area contributed by atoms with Gasteiger partial charge in [0, 0.05) is 39.7 Å². The topological polar surface area (TPSA) is 47.1 Å². The third kappa shape index (κ3) is 3.73. The summed E-state index contributed by atoms with van der Waals surface area (Å²) in [6.45, 7) is 4.71. The number of hydrogen-bond donors (Lipinski definition) is 0. The standard InChI is InChI=1S/C43H30N4O/c1-43(2)35-20-17-28(27-15-18-29(19-16-27)46(30-9-7-21-44-25-30)31-10-8-22-45-26-31)23-38(35)47-37-13-5-3-12-33(37)40-41(47)36(43)24-34-32-11-4-6-14-39(32)48-42(34)40/h3-26H,1-2H3. The van der Waals surface area contributed by atoms with Gasteiger partial charge in [-0.05, 0) is 82.9 Å². The predicted molar refractivity (Wildman–Crippen MR) is 196 cm³/mol. The van der Waals surface area contributed by atoms with Crippen LogP contribution in [0, 0.1) is 0 Å². The van der Waals surface area contributed by atoms with Crippen molar-refractivity contribution >= 4 is 60.8 Å². The lowest BCUT2D eigenvalue weighted by Gasteiger charge is -2.35. The Morgan fingerprint density at radius 1 is 0.604 bits per heavy atom. The van der Waals surface area contributed by atoms with E-state index in [4.69, 9.17) is 4.42 Å². The molecule has 0 radical (unpaired) electrons. The highest BCUT2D eigenvalue weighted by Gasteiger charge is 2.37. The Morgan fingerprint density at radius 2 is 1.29 bits per heavy atom. The fourth-order valence-corrected chi connectivity index (χ4v) is 7.85. The van der Waals surface area contributed by atoms with Crippen molar-refractivity contribution < 1.29 is 4.42 Å².